The van der Waals surface area contributed by atoms with Crippen LogP contribution in [-0.2, 0) is 4.79 Å². The number of benzene rings is 1. The van der Waals surface area contributed by atoms with Crippen molar-refractivity contribution in [1.29, 1.82) is 0 Å². The Morgan fingerprint density at radius 3 is 2.34 bits per heavy atom. The minimum Gasteiger partial charge on any atom is -0.295 e. The number of hydrazone groups is 1. The Morgan fingerprint density at radius 1 is 1.17 bits per heavy atom. The molecule has 0 unspecified atom stereocenters. The van der Waals surface area contributed by atoms with Gasteiger partial charge in [-0.25, -0.2) is 14.5 Å². The van der Waals surface area contributed by atoms with Crippen molar-refractivity contribution in [3.8, 4) is 5.69 Å². The number of aryl methyl sites for hydroxylation is 1. The first-order valence-corrected chi connectivity index (χ1v) is 10.3. The number of H-pyrrole nitrogens is 1. The molecule has 4 aliphatic rings. The number of aromatic nitrogens is 2. The molecule has 0 atom stereocenters. The van der Waals surface area contributed by atoms with Crippen LogP contribution in [0.1, 0.15) is 49.8 Å². The summed E-state index contributed by atoms with van der Waals surface area (Å²) in [5, 5.41) is 7.10. The van der Waals surface area contributed by atoms with Crippen LogP contribution in [0, 0.1) is 35.9 Å². The number of hydrogen-bond donors (Lipinski definition) is 2. The van der Waals surface area contributed by atoms with Crippen molar-refractivity contribution in [3.05, 3.63) is 51.7 Å². The highest BCUT2D eigenvalue weighted by Crippen LogP contribution is 2.60. The van der Waals surface area contributed by atoms with Crippen LogP contribution in [0.4, 0.5) is 4.39 Å². The lowest BCUT2D eigenvalue weighted by atomic mass is 9.49. The second kappa shape index (κ2) is 6.68. The zero-order valence-electron chi connectivity index (χ0n) is 16.5. The van der Waals surface area contributed by atoms with Crippen LogP contribution in [0.15, 0.2) is 34.2 Å². The highest BCUT2D eigenvalue weighted by atomic mass is 19.1. The maximum absolute atomic E-state index is 13.1. The van der Waals surface area contributed by atoms with E-state index in [0.29, 0.717) is 34.7 Å². The first-order chi connectivity index (χ1) is 13.9. The van der Waals surface area contributed by atoms with Gasteiger partial charge in [0.2, 0.25) is 5.91 Å². The normalized spacial score (nSPS) is 30.2. The number of aromatic amines is 1. The van der Waals surface area contributed by atoms with Crippen LogP contribution in [0.3, 0.4) is 0 Å². The smallest absolute Gasteiger partial charge is 0.280 e. The summed E-state index contributed by atoms with van der Waals surface area (Å²) in [4.78, 5) is 25.7. The number of hydrogen-bond acceptors (Lipinski definition) is 3. The molecule has 6 rings (SSSR count). The Kier molecular flexibility index (Phi) is 4.22. The lowest BCUT2D eigenvalue weighted by Gasteiger charge is -2.55. The molecule has 0 radical (unpaired) electrons. The van der Waals surface area contributed by atoms with Crippen LogP contribution in [-0.4, -0.2) is 21.9 Å². The van der Waals surface area contributed by atoms with Gasteiger partial charge in [0.1, 0.15) is 5.82 Å². The molecule has 4 fully saturated rings. The largest absolute Gasteiger partial charge is 0.295 e. The van der Waals surface area contributed by atoms with Crippen molar-refractivity contribution in [3.63, 3.8) is 0 Å². The fourth-order valence-corrected chi connectivity index (χ4v) is 6.15. The van der Waals surface area contributed by atoms with E-state index in [-0.39, 0.29) is 22.7 Å². The van der Waals surface area contributed by atoms with Gasteiger partial charge in [0.15, 0.2) is 0 Å². The predicted octanol–water partition coefficient (Wildman–Crippen LogP) is 3.28. The van der Waals surface area contributed by atoms with Crippen molar-refractivity contribution < 1.29 is 9.18 Å². The summed E-state index contributed by atoms with van der Waals surface area (Å²) in [5.41, 5.74) is 3.70. The maximum Gasteiger partial charge on any atom is 0.280 e. The Morgan fingerprint density at radius 2 is 1.76 bits per heavy atom. The molecule has 4 bridgehead atoms. The molecule has 4 aliphatic carbocycles. The summed E-state index contributed by atoms with van der Waals surface area (Å²) in [7, 11) is 0. The molecule has 152 valence electrons. The van der Waals surface area contributed by atoms with Crippen LogP contribution in [0.25, 0.3) is 5.69 Å². The van der Waals surface area contributed by atoms with Gasteiger partial charge in [-0.1, -0.05) is 0 Å². The summed E-state index contributed by atoms with van der Waals surface area (Å²) in [6.45, 7) is 1.77. The molecule has 1 amide bonds. The van der Waals surface area contributed by atoms with Gasteiger partial charge in [-0.15, -0.1) is 0 Å². The van der Waals surface area contributed by atoms with Crippen molar-refractivity contribution in [2.75, 3.05) is 0 Å². The number of amides is 1. The van der Waals surface area contributed by atoms with Crippen molar-refractivity contribution in [2.24, 2.45) is 28.3 Å². The molecule has 1 aromatic carbocycles. The molecule has 29 heavy (non-hydrogen) atoms. The molecular formula is C22H25FN4O2. The van der Waals surface area contributed by atoms with Gasteiger partial charge in [0.05, 0.1) is 22.9 Å². The van der Waals surface area contributed by atoms with E-state index in [1.54, 1.807) is 6.92 Å². The van der Waals surface area contributed by atoms with Gasteiger partial charge < -0.3 is 0 Å². The summed E-state index contributed by atoms with van der Waals surface area (Å²) < 4.78 is 14.5. The molecular weight excluding hydrogens is 371 g/mol. The number of halogens is 1. The third kappa shape index (κ3) is 3.12. The summed E-state index contributed by atoms with van der Waals surface area (Å²) in [6.07, 6.45) is 8.17. The average Bonchev–Trinajstić information content (AvgIpc) is 2.95. The van der Waals surface area contributed by atoms with Crippen LogP contribution in [0.5, 0.6) is 0 Å². The van der Waals surface area contributed by atoms with E-state index >= 15 is 0 Å². The van der Waals surface area contributed by atoms with Crippen molar-refractivity contribution in [2.45, 2.75) is 45.4 Å². The van der Waals surface area contributed by atoms with Gasteiger partial charge in [-0.3, -0.25) is 14.7 Å². The van der Waals surface area contributed by atoms with E-state index in [1.165, 1.54) is 54.4 Å². The van der Waals surface area contributed by atoms with Gasteiger partial charge >= 0.3 is 0 Å². The molecule has 1 aromatic heterocycles. The molecule has 1 heterocycles. The van der Waals surface area contributed by atoms with Gasteiger partial charge in [0.25, 0.3) is 5.56 Å². The molecule has 0 spiro atoms. The number of nitrogens with zero attached hydrogens (tertiary/aromatic N) is 2. The van der Waals surface area contributed by atoms with Gasteiger partial charge in [0, 0.05) is 5.69 Å². The van der Waals surface area contributed by atoms with Crippen LogP contribution >= 0.6 is 0 Å². The summed E-state index contributed by atoms with van der Waals surface area (Å²) in [5.74, 6) is 1.70. The Hall–Kier alpha value is -2.70. The fraction of sp³-hybridized carbons (Fsp3) is 0.500. The third-order valence-electron chi connectivity index (χ3n) is 7.08. The SMILES string of the molecule is Cc1[nH]n(-c2ccc(F)cc2)c(=O)c1C=NNC(=O)C12CC3CC(CC(C3)C1)C2. The minimum absolute atomic E-state index is 0.0000936. The summed E-state index contributed by atoms with van der Waals surface area (Å²) in [6, 6.07) is 5.67. The van der Waals surface area contributed by atoms with E-state index in [4.69, 9.17) is 0 Å². The quantitative estimate of drug-likeness (QED) is 0.614. The monoisotopic (exact) mass is 396 g/mol. The van der Waals surface area contributed by atoms with Crippen molar-refractivity contribution in [1.82, 2.24) is 15.2 Å². The molecule has 6 nitrogen and oxygen atoms in total. The molecule has 4 saturated carbocycles. The van der Waals surface area contributed by atoms with Crippen LogP contribution in [0.2, 0.25) is 0 Å². The first kappa shape index (κ1) is 18.3. The van der Waals surface area contributed by atoms with E-state index in [2.05, 4.69) is 15.6 Å². The van der Waals surface area contributed by atoms with Crippen LogP contribution < -0.4 is 11.0 Å². The zero-order chi connectivity index (χ0) is 20.2. The highest BCUT2D eigenvalue weighted by molar-refractivity contribution is 5.86. The first-order valence-electron chi connectivity index (χ1n) is 10.3. The number of carbonyl (C=O) groups excluding carboxylic acids is 1. The van der Waals surface area contributed by atoms with E-state index in [0.717, 1.165) is 19.3 Å². The second-order valence-corrected chi connectivity index (χ2v) is 9.16. The lowest BCUT2D eigenvalue weighted by molar-refractivity contribution is -0.146. The third-order valence-corrected chi connectivity index (χ3v) is 7.08. The highest BCUT2D eigenvalue weighted by Gasteiger charge is 2.54. The molecule has 2 aromatic rings. The number of carbonyl (C=O) groups is 1. The molecule has 7 heteroatoms. The van der Waals surface area contributed by atoms with Gasteiger partial charge in [-0.2, -0.15) is 5.10 Å². The number of nitrogens with one attached hydrogen (secondary N) is 2. The van der Waals surface area contributed by atoms with E-state index in [1.807, 2.05) is 0 Å². The van der Waals surface area contributed by atoms with E-state index < -0.39 is 0 Å². The standard InChI is InChI=1S/C22H25FN4O2/c1-13-19(20(28)27(26-13)18-4-2-17(23)3-5-18)12-24-25-21(29)22-9-14-6-15(10-22)8-16(7-14)11-22/h2-5,12,14-16,26H,6-11H2,1H3,(H,25,29). The lowest BCUT2D eigenvalue weighted by Crippen LogP contribution is -2.52. The Labute approximate surface area is 168 Å². The zero-order valence-corrected chi connectivity index (χ0v) is 16.5. The molecule has 0 saturated heterocycles. The van der Waals surface area contributed by atoms with Crippen molar-refractivity contribution >= 4 is 12.1 Å². The number of rotatable bonds is 4. The molecule has 2 N–H and O–H groups in total. The van der Waals surface area contributed by atoms with E-state index in [9.17, 15) is 14.0 Å². The average molecular weight is 396 g/mol. The topological polar surface area (TPSA) is 79.2 Å². The summed E-state index contributed by atoms with van der Waals surface area (Å²) >= 11 is 0. The van der Waals surface area contributed by atoms with Gasteiger partial charge in [-0.05, 0) is 87.5 Å². The molecule has 0 aliphatic heterocycles. The second-order valence-electron chi connectivity index (χ2n) is 9.16. The fourth-order valence-electron chi connectivity index (χ4n) is 6.15. The Bertz CT molecular complexity index is 999. The minimum atomic E-state index is -0.362. The predicted molar refractivity (Wildman–Crippen MR) is 107 cm³/mol. The Balaban J connectivity index is 1.33. The maximum atomic E-state index is 13.1.